The Morgan fingerprint density at radius 1 is 1.07 bits per heavy atom. The minimum absolute atomic E-state index is 0.116. The van der Waals surface area contributed by atoms with Crippen LogP contribution in [0.25, 0.3) is 10.9 Å². The van der Waals surface area contributed by atoms with Crippen LogP contribution in [0, 0.1) is 0 Å². The van der Waals surface area contributed by atoms with E-state index in [4.69, 9.17) is 18.7 Å². The molecule has 2 aromatic heterocycles. The van der Waals surface area contributed by atoms with Crippen LogP contribution in [0.1, 0.15) is 26.5 Å². The molecule has 1 atom stereocenters. The molecule has 234 valence electrons. The lowest BCUT2D eigenvalue weighted by Crippen LogP contribution is -2.47. The fourth-order valence-electron chi connectivity index (χ4n) is 4.68. The third-order valence-electron chi connectivity index (χ3n) is 7.18. The summed E-state index contributed by atoms with van der Waals surface area (Å²) in [5, 5.41) is 20.5. The highest BCUT2D eigenvalue weighted by Gasteiger charge is 2.21. The van der Waals surface area contributed by atoms with Crippen LogP contribution in [0.4, 0.5) is 16.3 Å². The van der Waals surface area contributed by atoms with Crippen LogP contribution in [0.3, 0.4) is 0 Å². The number of nitrogens with zero attached hydrogens (tertiary/aromatic N) is 5. The van der Waals surface area contributed by atoms with Crippen molar-refractivity contribution in [2.24, 2.45) is 0 Å². The summed E-state index contributed by atoms with van der Waals surface area (Å²) >= 11 is 0. The van der Waals surface area contributed by atoms with Gasteiger partial charge in [0.2, 0.25) is 5.88 Å². The Bertz CT molecular complexity index is 1580. The Balaban J connectivity index is 1.24. The molecule has 1 aliphatic heterocycles. The molecule has 44 heavy (non-hydrogen) atoms. The monoisotopic (exact) mass is 605 g/mol. The Hall–Kier alpha value is -4.46. The fourth-order valence-corrected chi connectivity index (χ4v) is 4.68. The zero-order valence-electron chi connectivity index (χ0n) is 25.7. The SMILES string of the molecule is COc1cc2c(Oc3cccc(NC(=O)Nc4cc(C(C)(C)C)on4)c3)ncnc2cc1OC[C@H](O)CN1CCN(C)CC1. The molecular weight excluding hydrogens is 566 g/mol. The number of aliphatic hydroxyl groups is 1. The number of likely N-dealkylation sites (N-methyl/N-ethyl adjacent to an activating group) is 1. The van der Waals surface area contributed by atoms with Crippen LogP contribution >= 0.6 is 0 Å². The van der Waals surface area contributed by atoms with Gasteiger partial charge in [-0.05, 0) is 25.2 Å². The van der Waals surface area contributed by atoms with Crippen molar-refractivity contribution >= 4 is 28.4 Å². The molecule has 0 radical (unpaired) electrons. The maximum absolute atomic E-state index is 12.6. The highest BCUT2D eigenvalue weighted by Crippen LogP contribution is 2.36. The van der Waals surface area contributed by atoms with E-state index in [1.54, 1.807) is 49.6 Å². The molecule has 5 rings (SSSR count). The predicted octanol–water partition coefficient (Wildman–Crippen LogP) is 4.35. The van der Waals surface area contributed by atoms with E-state index in [1.807, 2.05) is 20.8 Å². The topological polar surface area (TPSA) is 147 Å². The number of hydrogen-bond donors (Lipinski definition) is 3. The number of carbonyl (C=O) groups excluding carboxylic acids is 1. The van der Waals surface area contributed by atoms with Gasteiger partial charge in [0.15, 0.2) is 17.3 Å². The molecule has 3 N–H and O–H groups in total. The molecule has 0 bridgehead atoms. The Morgan fingerprint density at radius 2 is 1.86 bits per heavy atom. The predicted molar refractivity (Wildman–Crippen MR) is 166 cm³/mol. The first kappa shape index (κ1) is 31.0. The van der Waals surface area contributed by atoms with Crippen LogP contribution < -0.4 is 24.8 Å². The minimum atomic E-state index is -0.650. The van der Waals surface area contributed by atoms with Crippen molar-refractivity contribution in [3.05, 3.63) is 54.6 Å². The van der Waals surface area contributed by atoms with E-state index in [9.17, 15) is 9.90 Å². The molecule has 0 unspecified atom stereocenters. The van der Waals surface area contributed by atoms with Gasteiger partial charge in [0.1, 0.15) is 30.5 Å². The Labute approximate surface area is 256 Å². The van der Waals surface area contributed by atoms with Crippen molar-refractivity contribution in [2.45, 2.75) is 32.3 Å². The largest absolute Gasteiger partial charge is 0.493 e. The van der Waals surface area contributed by atoms with Gasteiger partial charge in [-0.1, -0.05) is 32.0 Å². The van der Waals surface area contributed by atoms with E-state index in [1.165, 1.54) is 6.33 Å². The van der Waals surface area contributed by atoms with Gasteiger partial charge < -0.3 is 34.1 Å². The van der Waals surface area contributed by atoms with E-state index in [0.29, 0.717) is 57.8 Å². The number of anilines is 2. The number of methoxy groups -OCH3 is 1. The molecule has 13 nitrogen and oxygen atoms in total. The van der Waals surface area contributed by atoms with Crippen molar-refractivity contribution < 1.29 is 28.6 Å². The number of ether oxygens (including phenoxy) is 3. The van der Waals surface area contributed by atoms with E-state index in [2.05, 4.69) is 42.6 Å². The van der Waals surface area contributed by atoms with Crippen LogP contribution in [0.15, 0.2) is 53.3 Å². The molecule has 3 heterocycles. The van der Waals surface area contributed by atoms with Crippen molar-refractivity contribution in [3.8, 4) is 23.1 Å². The summed E-state index contributed by atoms with van der Waals surface area (Å²) in [5.74, 6) is 2.64. The Kier molecular flexibility index (Phi) is 9.47. The standard InChI is InChI=1S/C31H39N7O6/c1-31(2,3)27-16-28(36-44-27)35-30(40)34-20-7-6-8-22(13-20)43-29-23-14-25(41-5)26(15-24(23)32-19-33-29)42-18-21(39)17-38-11-9-37(4)10-12-38/h6-8,13-16,19,21,39H,9-12,17-18H2,1-5H3,(H2,34,35,36,40)/t21-/m1/s1. The summed E-state index contributed by atoms with van der Waals surface area (Å²) < 4.78 is 23.0. The van der Waals surface area contributed by atoms with Crippen LogP contribution in [0.2, 0.25) is 0 Å². The van der Waals surface area contributed by atoms with Gasteiger partial charge in [-0.2, -0.15) is 0 Å². The number of urea groups is 1. The quantitative estimate of drug-likeness (QED) is 0.237. The van der Waals surface area contributed by atoms with Crippen LogP contribution in [0.5, 0.6) is 23.1 Å². The number of fused-ring (bicyclic) bond motifs is 1. The zero-order valence-corrected chi connectivity index (χ0v) is 25.7. The average Bonchev–Trinajstić information content (AvgIpc) is 3.46. The number of benzene rings is 2. The number of nitrogens with one attached hydrogen (secondary N) is 2. The average molecular weight is 606 g/mol. The van der Waals surface area contributed by atoms with E-state index < -0.39 is 12.1 Å². The molecule has 1 saturated heterocycles. The highest BCUT2D eigenvalue weighted by molar-refractivity contribution is 5.99. The first-order chi connectivity index (χ1) is 21.1. The normalized spacial score (nSPS) is 15.1. The van der Waals surface area contributed by atoms with Crippen molar-refractivity contribution in [1.29, 1.82) is 0 Å². The second kappa shape index (κ2) is 13.5. The Morgan fingerprint density at radius 3 is 2.59 bits per heavy atom. The second-order valence-corrected chi connectivity index (χ2v) is 11.8. The maximum atomic E-state index is 12.6. The number of hydrogen-bond acceptors (Lipinski definition) is 11. The molecule has 2 aromatic carbocycles. The van der Waals surface area contributed by atoms with Gasteiger partial charge in [-0.25, -0.2) is 14.8 Å². The zero-order chi connectivity index (χ0) is 31.3. The smallest absolute Gasteiger partial charge is 0.324 e. The van der Waals surface area contributed by atoms with Crippen molar-refractivity contribution in [2.75, 3.05) is 64.1 Å². The summed E-state index contributed by atoms with van der Waals surface area (Å²) in [6.07, 6.45) is 0.748. The molecule has 4 aromatic rings. The molecule has 1 aliphatic rings. The fraction of sp³-hybridized carbons (Fsp3) is 0.419. The van der Waals surface area contributed by atoms with Crippen LogP contribution in [-0.2, 0) is 5.41 Å². The molecule has 13 heteroatoms. The van der Waals surface area contributed by atoms with Gasteiger partial charge in [-0.3, -0.25) is 10.2 Å². The second-order valence-electron chi connectivity index (χ2n) is 11.8. The van der Waals surface area contributed by atoms with Crippen LogP contribution in [-0.4, -0.2) is 95.7 Å². The lowest BCUT2D eigenvalue weighted by Gasteiger charge is -2.33. The first-order valence-electron chi connectivity index (χ1n) is 14.4. The molecular formula is C31H39N7O6. The molecule has 0 saturated carbocycles. The summed E-state index contributed by atoms with van der Waals surface area (Å²) in [6.45, 7) is 10.4. The van der Waals surface area contributed by atoms with E-state index in [0.717, 1.165) is 26.2 Å². The van der Waals surface area contributed by atoms with E-state index >= 15 is 0 Å². The number of rotatable bonds is 10. The van der Waals surface area contributed by atoms with Crippen molar-refractivity contribution in [1.82, 2.24) is 24.9 Å². The number of aromatic nitrogens is 3. The van der Waals surface area contributed by atoms with Crippen molar-refractivity contribution in [3.63, 3.8) is 0 Å². The number of β-amino-alcohol motifs (C(OH)–C–C–N with tert-alkyl or cyclic N) is 1. The molecule has 1 fully saturated rings. The van der Waals surface area contributed by atoms with Gasteiger partial charge in [0, 0.05) is 62.0 Å². The lowest BCUT2D eigenvalue weighted by molar-refractivity contribution is 0.0498. The molecule has 2 amide bonds. The summed E-state index contributed by atoms with van der Waals surface area (Å²) in [6, 6.07) is 11.6. The number of amides is 2. The highest BCUT2D eigenvalue weighted by atomic mass is 16.5. The number of aliphatic hydroxyl groups excluding tert-OH is 1. The third kappa shape index (κ3) is 7.92. The third-order valence-corrected chi connectivity index (χ3v) is 7.18. The minimum Gasteiger partial charge on any atom is -0.493 e. The first-order valence-corrected chi connectivity index (χ1v) is 14.4. The van der Waals surface area contributed by atoms with Gasteiger partial charge in [-0.15, -0.1) is 0 Å². The summed E-state index contributed by atoms with van der Waals surface area (Å²) in [5.41, 5.74) is 0.850. The van der Waals surface area contributed by atoms with Gasteiger partial charge in [0.05, 0.1) is 18.0 Å². The maximum Gasteiger partial charge on any atom is 0.324 e. The summed E-state index contributed by atoms with van der Waals surface area (Å²) in [7, 11) is 3.64. The molecule has 0 aliphatic carbocycles. The number of piperazine rings is 1. The van der Waals surface area contributed by atoms with Gasteiger partial charge in [0.25, 0.3) is 0 Å². The molecule has 0 spiro atoms. The van der Waals surface area contributed by atoms with Gasteiger partial charge >= 0.3 is 6.03 Å². The number of carbonyl (C=O) groups is 1. The summed E-state index contributed by atoms with van der Waals surface area (Å²) in [4.78, 5) is 25.8. The lowest BCUT2D eigenvalue weighted by atomic mass is 9.93. The van der Waals surface area contributed by atoms with E-state index in [-0.39, 0.29) is 12.0 Å².